The van der Waals surface area contributed by atoms with E-state index in [9.17, 15) is 28.8 Å². The molecule has 0 aliphatic carbocycles. The fourth-order valence-corrected chi connectivity index (χ4v) is 4.45. The number of para-hydroxylation sites is 1. The predicted molar refractivity (Wildman–Crippen MR) is 117 cm³/mol. The van der Waals surface area contributed by atoms with Gasteiger partial charge in [-0.25, -0.2) is 4.18 Å². The normalized spacial score (nSPS) is 26.2. The highest BCUT2D eigenvalue weighted by Gasteiger charge is 2.46. The van der Waals surface area contributed by atoms with Gasteiger partial charge in [-0.3, -0.25) is 0 Å². The molecule has 5 atom stereocenters. The van der Waals surface area contributed by atoms with Crippen LogP contribution in [0.3, 0.4) is 0 Å². The van der Waals surface area contributed by atoms with Crippen molar-refractivity contribution in [3.8, 4) is 5.75 Å². The summed E-state index contributed by atoms with van der Waals surface area (Å²) in [4.78, 5) is 0. The van der Waals surface area contributed by atoms with Crippen LogP contribution in [0.5, 0.6) is 5.75 Å². The molecule has 0 aromatic heterocycles. The Hall–Kier alpha value is -1.27. The third-order valence-electron chi connectivity index (χ3n) is 5.53. The Morgan fingerprint density at radius 1 is 0.906 bits per heavy atom. The van der Waals surface area contributed by atoms with E-state index < -0.39 is 47.7 Å². The van der Waals surface area contributed by atoms with Gasteiger partial charge in [0, 0.05) is 0 Å². The fraction of sp³-hybridized carbons (Fsp3) is 0.727. The topological polar surface area (TPSA) is 143 Å². The summed E-state index contributed by atoms with van der Waals surface area (Å²) in [6.45, 7) is 1.49. The van der Waals surface area contributed by atoms with Crippen molar-refractivity contribution in [1.29, 1.82) is 0 Å². The van der Waals surface area contributed by atoms with Crippen LogP contribution in [-0.2, 0) is 25.7 Å². The van der Waals surface area contributed by atoms with E-state index in [1.807, 2.05) is 0 Å². The number of benzene rings is 1. The summed E-state index contributed by atoms with van der Waals surface area (Å²) in [7, 11) is -4.67. The molecule has 1 aliphatic heterocycles. The summed E-state index contributed by atoms with van der Waals surface area (Å²) < 4.78 is 39.8. The van der Waals surface area contributed by atoms with Crippen LogP contribution in [0.4, 0.5) is 0 Å². The first-order valence-electron chi connectivity index (χ1n) is 11.3. The third-order valence-corrected chi connectivity index (χ3v) is 6.33. The molecule has 1 heterocycles. The number of ether oxygens (including phenoxy) is 1. The molecule has 1 aromatic carbocycles. The molecule has 1 aliphatic rings. The Labute approximate surface area is 190 Å². The highest BCUT2D eigenvalue weighted by atomic mass is 32.3. The molecule has 0 amide bonds. The molecule has 0 unspecified atom stereocenters. The predicted octanol–water partition coefficient (Wildman–Crippen LogP) is 1.81. The maximum atomic E-state index is 12.4. The molecule has 0 saturated carbocycles. The largest absolute Gasteiger partial charge is 0.451 e. The molecule has 0 radical (unpaired) electrons. The molecular formula is C22H36O9S. The maximum Gasteiger partial charge on any atom is 0.451 e. The average Bonchev–Trinajstić information content (AvgIpc) is 2.76. The molecule has 1 saturated heterocycles. The number of hydrogen-bond donors (Lipinski definition) is 4. The molecule has 9 nitrogen and oxygen atoms in total. The van der Waals surface area contributed by atoms with Gasteiger partial charge in [-0.15, -0.1) is 0 Å². The van der Waals surface area contributed by atoms with Gasteiger partial charge >= 0.3 is 10.4 Å². The number of aliphatic hydroxyl groups is 4. The highest BCUT2D eigenvalue weighted by molar-refractivity contribution is 7.82. The highest BCUT2D eigenvalue weighted by Crippen LogP contribution is 2.26. The minimum Gasteiger partial charge on any atom is -0.394 e. The molecule has 4 N–H and O–H groups in total. The zero-order valence-corrected chi connectivity index (χ0v) is 19.3. The molecule has 1 aromatic rings. The molecule has 0 spiro atoms. The van der Waals surface area contributed by atoms with E-state index in [2.05, 4.69) is 6.92 Å². The van der Waals surface area contributed by atoms with Gasteiger partial charge in [0.25, 0.3) is 0 Å². The summed E-state index contributed by atoms with van der Waals surface area (Å²) in [5.74, 6) is 0.111. The summed E-state index contributed by atoms with van der Waals surface area (Å²) in [5, 5.41) is 38.8. The van der Waals surface area contributed by atoms with Gasteiger partial charge in [-0.2, -0.15) is 8.42 Å². The second-order valence-corrected chi connectivity index (χ2v) is 9.29. The zero-order chi connectivity index (χ0) is 23.6. The minimum atomic E-state index is -4.67. The Balaban J connectivity index is 1.90. The number of rotatable bonds is 14. The van der Waals surface area contributed by atoms with Crippen LogP contribution in [0, 0.1) is 0 Å². The smallest absolute Gasteiger partial charge is 0.394 e. The lowest BCUT2D eigenvalue weighted by molar-refractivity contribution is -0.277. The van der Waals surface area contributed by atoms with E-state index in [1.54, 1.807) is 18.2 Å². The lowest BCUT2D eigenvalue weighted by Crippen LogP contribution is -2.59. The second-order valence-electron chi connectivity index (χ2n) is 8.12. The van der Waals surface area contributed by atoms with E-state index in [0.29, 0.717) is 12.0 Å². The van der Waals surface area contributed by atoms with Crippen molar-refractivity contribution in [2.45, 2.75) is 95.4 Å². The summed E-state index contributed by atoms with van der Waals surface area (Å²) >= 11 is 0. The van der Waals surface area contributed by atoms with Gasteiger partial charge in [-0.05, 0) is 24.5 Å². The first-order valence-corrected chi connectivity index (χ1v) is 12.6. The van der Waals surface area contributed by atoms with E-state index >= 15 is 0 Å². The van der Waals surface area contributed by atoms with Crippen LogP contribution in [-0.4, -0.2) is 66.2 Å². The average molecular weight is 477 g/mol. The van der Waals surface area contributed by atoms with Crippen LogP contribution >= 0.6 is 0 Å². The van der Waals surface area contributed by atoms with Gasteiger partial charge in [0.05, 0.1) is 6.61 Å². The number of unbranched alkanes of at least 4 members (excludes halogenated alkanes) is 7. The van der Waals surface area contributed by atoms with Crippen LogP contribution in [0.25, 0.3) is 0 Å². The summed E-state index contributed by atoms with van der Waals surface area (Å²) in [6.07, 6.45) is 1.53. The molecule has 184 valence electrons. The van der Waals surface area contributed by atoms with E-state index in [4.69, 9.17) is 13.1 Å². The Morgan fingerprint density at radius 3 is 2.19 bits per heavy atom. The van der Waals surface area contributed by atoms with Crippen molar-refractivity contribution in [3.63, 3.8) is 0 Å². The molecule has 0 bridgehead atoms. The van der Waals surface area contributed by atoms with Crippen molar-refractivity contribution < 1.29 is 41.9 Å². The first-order chi connectivity index (χ1) is 15.3. The first kappa shape index (κ1) is 27.0. The lowest BCUT2D eigenvalue weighted by atomic mass is 10.00. The van der Waals surface area contributed by atoms with Crippen molar-refractivity contribution in [2.75, 3.05) is 6.61 Å². The Kier molecular flexibility index (Phi) is 11.3. The SMILES string of the molecule is CCCCCCCCCCc1ccccc1OS(=O)(=O)O[C@@H]1O[C@H](CO)[C@@H](O)[C@H](O)[C@H]1O. The van der Waals surface area contributed by atoms with Gasteiger partial charge in [-0.1, -0.05) is 70.1 Å². The Morgan fingerprint density at radius 2 is 1.53 bits per heavy atom. The fourth-order valence-electron chi connectivity index (χ4n) is 3.63. The van der Waals surface area contributed by atoms with Crippen LogP contribution in [0.15, 0.2) is 24.3 Å². The maximum absolute atomic E-state index is 12.4. The van der Waals surface area contributed by atoms with E-state index in [-0.39, 0.29) is 5.75 Å². The lowest BCUT2D eigenvalue weighted by Gasteiger charge is -2.38. The van der Waals surface area contributed by atoms with Crippen LogP contribution in [0.1, 0.15) is 63.9 Å². The van der Waals surface area contributed by atoms with Crippen molar-refractivity contribution in [2.24, 2.45) is 0 Å². The number of hydrogen-bond acceptors (Lipinski definition) is 9. The Bertz CT molecular complexity index is 768. The van der Waals surface area contributed by atoms with Gasteiger partial charge < -0.3 is 29.3 Å². The van der Waals surface area contributed by atoms with Crippen molar-refractivity contribution in [3.05, 3.63) is 29.8 Å². The van der Waals surface area contributed by atoms with Crippen LogP contribution in [0.2, 0.25) is 0 Å². The van der Waals surface area contributed by atoms with Gasteiger partial charge in [0.2, 0.25) is 6.29 Å². The molecule has 2 rings (SSSR count). The monoisotopic (exact) mass is 476 g/mol. The van der Waals surface area contributed by atoms with Crippen LogP contribution < -0.4 is 4.18 Å². The van der Waals surface area contributed by atoms with Crippen molar-refractivity contribution >= 4 is 10.4 Å². The van der Waals surface area contributed by atoms with E-state index in [1.165, 1.54) is 38.2 Å². The summed E-state index contributed by atoms with van der Waals surface area (Å²) in [5.41, 5.74) is 0.708. The van der Waals surface area contributed by atoms with Crippen molar-refractivity contribution in [1.82, 2.24) is 0 Å². The number of aryl methyl sites for hydroxylation is 1. The third kappa shape index (κ3) is 8.26. The summed E-state index contributed by atoms with van der Waals surface area (Å²) in [6, 6.07) is 6.71. The minimum absolute atomic E-state index is 0.111. The van der Waals surface area contributed by atoms with E-state index in [0.717, 1.165) is 19.3 Å². The quantitative estimate of drug-likeness (QED) is 0.296. The zero-order valence-electron chi connectivity index (χ0n) is 18.5. The standard InChI is InChI=1S/C22H36O9S/c1-2-3-4-5-6-7-8-9-12-16-13-10-11-14-17(16)30-32(27,28)31-22-21(26)20(25)19(24)18(15-23)29-22/h10-11,13-14,18-26H,2-9,12,15H2,1H3/t18-,19-,20+,21-,22+/m1/s1. The van der Waals surface area contributed by atoms with Gasteiger partial charge in [0.1, 0.15) is 30.2 Å². The second kappa shape index (κ2) is 13.4. The molecule has 32 heavy (non-hydrogen) atoms. The molecule has 1 fully saturated rings. The molecule has 10 heteroatoms. The molecular weight excluding hydrogens is 440 g/mol. The van der Waals surface area contributed by atoms with Gasteiger partial charge in [0.15, 0.2) is 0 Å². The number of aliphatic hydroxyl groups excluding tert-OH is 4.